The van der Waals surface area contributed by atoms with Crippen molar-refractivity contribution >= 4 is 57.9 Å². The van der Waals surface area contributed by atoms with Gasteiger partial charge in [-0.15, -0.1) is 22.6 Å². The lowest BCUT2D eigenvalue weighted by Crippen LogP contribution is -2.47. The first-order valence-electron chi connectivity index (χ1n) is 7.15. The molecule has 23 heavy (non-hydrogen) atoms. The van der Waals surface area contributed by atoms with Gasteiger partial charge in [0.05, 0.1) is 0 Å². The van der Waals surface area contributed by atoms with Crippen molar-refractivity contribution in [2.24, 2.45) is 0 Å². The van der Waals surface area contributed by atoms with Crippen molar-refractivity contribution in [3.63, 3.8) is 0 Å². The van der Waals surface area contributed by atoms with Crippen LogP contribution in [-0.2, 0) is 0 Å². The predicted octanol–water partition coefficient (Wildman–Crippen LogP) is 3.11. The molecule has 1 aromatic carbocycles. The van der Waals surface area contributed by atoms with Crippen molar-refractivity contribution in [1.29, 1.82) is 0 Å². The number of rotatable bonds is 5. The molecule has 0 unspecified atom stereocenters. The molecule has 0 radical (unpaired) electrons. The van der Waals surface area contributed by atoms with Crippen molar-refractivity contribution in [2.75, 3.05) is 49.1 Å². The van der Waals surface area contributed by atoms with E-state index in [0.717, 1.165) is 47.8 Å². The van der Waals surface area contributed by atoms with Crippen LogP contribution in [0.15, 0.2) is 28.6 Å². The Morgan fingerprint density at radius 2 is 1.83 bits per heavy atom. The molecule has 0 saturated carbocycles. The number of halogens is 2. The van der Waals surface area contributed by atoms with E-state index in [1.54, 1.807) is 11.8 Å². The molecule has 126 valence electrons. The molecule has 1 aliphatic heterocycles. The van der Waals surface area contributed by atoms with Gasteiger partial charge in [-0.25, -0.2) is 0 Å². The van der Waals surface area contributed by atoms with Gasteiger partial charge in [0.25, 0.3) is 0 Å². The molecule has 0 aliphatic carbocycles. The zero-order valence-corrected chi connectivity index (χ0v) is 15.7. The van der Waals surface area contributed by atoms with Crippen LogP contribution in [0.4, 0.5) is 10.8 Å². The molecule has 0 atom stereocenters. The molecule has 2 N–H and O–H groups in total. The zero-order valence-electron chi connectivity index (χ0n) is 12.5. The van der Waals surface area contributed by atoms with Crippen LogP contribution < -0.4 is 10.6 Å². The monoisotopic (exact) mass is 391 g/mol. The number of piperazine rings is 1. The van der Waals surface area contributed by atoms with Crippen LogP contribution in [0.3, 0.4) is 0 Å². The maximum absolute atomic E-state index is 5.94. The van der Waals surface area contributed by atoms with Gasteiger partial charge < -0.3 is 10.6 Å². The van der Waals surface area contributed by atoms with Crippen LogP contribution in [0.5, 0.6) is 0 Å². The van der Waals surface area contributed by atoms with Crippen LogP contribution in [0, 0.1) is 0 Å². The number of aromatic nitrogens is 2. The minimum Gasteiger partial charge on any atom is -0.374 e. The summed E-state index contributed by atoms with van der Waals surface area (Å²) in [7, 11) is 0. The summed E-state index contributed by atoms with van der Waals surface area (Å²) >= 11 is 9.12. The summed E-state index contributed by atoms with van der Waals surface area (Å²) in [5.41, 5.74) is 6.83. The fraction of sp³-hybridized carbons (Fsp3) is 0.429. The Hall–Kier alpha value is -0.730. The smallest absolute Gasteiger partial charge is 0.203 e. The van der Waals surface area contributed by atoms with Gasteiger partial charge in [-0.2, -0.15) is 0 Å². The number of nitrogens with two attached hydrogens (primary N) is 1. The summed E-state index contributed by atoms with van der Waals surface area (Å²) in [6.07, 6.45) is 0. The van der Waals surface area contributed by atoms with Crippen molar-refractivity contribution < 1.29 is 0 Å². The zero-order chi connectivity index (χ0) is 15.4. The highest BCUT2D eigenvalue weighted by Crippen LogP contribution is 2.24. The van der Waals surface area contributed by atoms with Crippen molar-refractivity contribution in [1.82, 2.24) is 15.1 Å². The third-order valence-corrected chi connectivity index (χ3v) is 5.74. The fourth-order valence-corrected chi connectivity index (χ4v) is 4.26. The molecule has 5 nitrogen and oxygen atoms in total. The number of anilines is 2. The lowest BCUT2D eigenvalue weighted by atomic mass is 10.2. The van der Waals surface area contributed by atoms with E-state index in [4.69, 9.17) is 17.3 Å². The van der Waals surface area contributed by atoms with Gasteiger partial charge in [-0.1, -0.05) is 34.7 Å². The second kappa shape index (κ2) is 8.94. The molecular formula is C14H19Cl2N5S2. The Morgan fingerprint density at radius 1 is 1.13 bits per heavy atom. The first-order chi connectivity index (χ1) is 10.7. The van der Waals surface area contributed by atoms with E-state index < -0.39 is 0 Å². The van der Waals surface area contributed by atoms with E-state index >= 15 is 0 Å². The highest BCUT2D eigenvalue weighted by Gasteiger charge is 2.17. The predicted molar refractivity (Wildman–Crippen MR) is 102 cm³/mol. The topological polar surface area (TPSA) is 58.3 Å². The van der Waals surface area contributed by atoms with Crippen molar-refractivity contribution in [3.05, 3.63) is 29.3 Å². The van der Waals surface area contributed by atoms with E-state index in [1.165, 1.54) is 17.0 Å². The Kier molecular flexibility index (Phi) is 7.23. The van der Waals surface area contributed by atoms with E-state index in [-0.39, 0.29) is 12.4 Å². The summed E-state index contributed by atoms with van der Waals surface area (Å²) in [5.74, 6) is 1.02. The van der Waals surface area contributed by atoms with Crippen LogP contribution in [-0.4, -0.2) is 53.6 Å². The largest absolute Gasteiger partial charge is 0.374 e. The molecule has 0 spiro atoms. The summed E-state index contributed by atoms with van der Waals surface area (Å²) < 4.78 is 0.956. The molecule has 1 aromatic heterocycles. The van der Waals surface area contributed by atoms with E-state index in [9.17, 15) is 0 Å². The second-order valence-electron chi connectivity index (χ2n) is 5.06. The van der Waals surface area contributed by atoms with Crippen LogP contribution in [0.25, 0.3) is 0 Å². The van der Waals surface area contributed by atoms with Gasteiger partial charge in [-0.3, -0.25) is 4.90 Å². The summed E-state index contributed by atoms with van der Waals surface area (Å²) in [5, 5.41) is 9.18. The molecule has 1 saturated heterocycles. The SMILES string of the molecule is Cl.Nc1nnc(SCCN2CCN(c3ccc(Cl)cc3)CC2)s1. The standard InChI is InChI=1S/C14H18ClN5S2.ClH/c15-11-1-3-12(4-2-11)20-7-5-19(6-8-20)9-10-21-14-18-17-13(16)22-14;/h1-4H,5-10H2,(H2,16,17);1H. The van der Waals surface area contributed by atoms with Crippen LogP contribution >= 0.6 is 47.1 Å². The van der Waals surface area contributed by atoms with Gasteiger partial charge in [0, 0.05) is 49.2 Å². The quantitative estimate of drug-likeness (QED) is 0.790. The number of nitrogen functional groups attached to an aromatic ring is 1. The Balaban J connectivity index is 0.00000192. The molecule has 2 aromatic rings. The fourth-order valence-electron chi connectivity index (χ4n) is 2.42. The highest BCUT2D eigenvalue weighted by atomic mass is 35.5. The van der Waals surface area contributed by atoms with Gasteiger partial charge >= 0.3 is 0 Å². The van der Waals surface area contributed by atoms with Crippen LogP contribution in [0.1, 0.15) is 0 Å². The maximum atomic E-state index is 5.94. The number of hydrogen-bond donors (Lipinski definition) is 1. The van der Waals surface area contributed by atoms with Crippen molar-refractivity contribution in [2.45, 2.75) is 4.34 Å². The lowest BCUT2D eigenvalue weighted by molar-refractivity contribution is 0.273. The van der Waals surface area contributed by atoms with Crippen molar-refractivity contribution in [3.8, 4) is 0 Å². The summed E-state index contributed by atoms with van der Waals surface area (Å²) in [6, 6.07) is 8.09. The van der Waals surface area contributed by atoms with Gasteiger partial charge in [-0.05, 0) is 24.3 Å². The number of nitrogens with zero attached hydrogens (tertiary/aromatic N) is 4. The number of benzene rings is 1. The van der Waals surface area contributed by atoms with E-state index in [2.05, 4.69) is 32.1 Å². The first kappa shape index (κ1) is 18.6. The first-order valence-corrected chi connectivity index (χ1v) is 9.33. The number of thioether (sulfide) groups is 1. The second-order valence-corrected chi connectivity index (χ2v) is 7.85. The molecule has 0 bridgehead atoms. The normalized spacial score (nSPS) is 15.4. The Labute approximate surface area is 155 Å². The minimum absolute atomic E-state index is 0. The Morgan fingerprint density at radius 3 is 2.43 bits per heavy atom. The molecular weight excluding hydrogens is 373 g/mol. The molecule has 3 rings (SSSR count). The maximum Gasteiger partial charge on any atom is 0.203 e. The van der Waals surface area contributed by atoms with Crippen LogP contribution in [0.2, 0.25) is 5.02 Å². The average Bonchev–Trinajstić information content (AvgIpc) is 2.94. The third-order valence-electron chi connectivity index (χ3n) is 3.62. The third kappa shape index (κ3) is 5.39. The molecule has 1 fully saturated rings. The molecule has 9 heteroatoms. The summed E-state index contributed by atoms with van der Waals surface area (Å²) in [6.45, 7) is 5.34. The minimum atomic E-state index is 0. The number of hydrogen-bond acceptors (Lipinski definition) is 7. The lowest BCUT2D eigenvalue weighted by Gasteiger charge is -2.36. The van der Waals surface area contributed by atoms with Gasteiger partial charge in [0.15, 0.2) is 4.34 Å². The van der Waals surface area contributed by atoms with Gasteiger partial charge in [0.1, 0.15) is 0 Å². The highest BCUT2D eigenvalue weighted by molar-refractivity contribution is 8.01. The van der Waals surface area contributed by atoms with E-state index in [1.807, 2.05) is 12.1 Å². The summed E-state index contributed by atoms with van der Waals surface area (Å²) in [4.78, 5) is 4.90. The average molecular weight is 392 g/mol. The molecule has 1 aliphatic rings. The Bertz CT molecular complexity index is 599. The van der Waals surface area contributed by atoms with E-state index in [0.29, 0.717) is 5.13 Å². The molecule has 0 amide bonds. The van der Waals surface area contributed by atoms with Gasteiger partial charge in [0.2, 0.25) is 5.13 Å². The molecule has 2 heterocycles.